The second-order valence-corrected chi connectivity index (χ2v) is 4.16. The molecule has 1 atom stereocenters. The third kappa shape index (κ3) is 3.91. The third-order valence-corrected chi connectivity index (χ3v) is 2.72. The van der Waals surface area contributed by atoms with Gasteiger partial charge in [0.15, 0.2) is 0 Å². The summed E-state index contributed by atoms with van der Waals surface area (Å²) in [7, 11) is 0. The molecule has 1 aromatic rings. The van der Waals surface area contributed by atoms with Gasteiger partial charge < -0.3 is 0 Å². The molecule has 0 aromatic heterocycles. The molecule has 0 N–H and O–H groups in total. The molecule has 0 heterocycles. The van der Waals surface area contributed by atoms with Gasteiger partial charge in [-0.1, -0.05) is 58.0 Å². The van der Waals surface area contributed by atoms with Crippen molar-refractivity contribution >= 4 is 0 Å². The van der Waals surface area contributed by atoms with Crippen LogP contribution >= 0.6 is 0 Å². The molecule has 0 bridgehead atoms. The fourth-order valence-corrected chi connectivity index (χ4v) is 1.72. The number of benzene rings is 1. The van der Waals surface area contributed by atoms with Crippen LogP contribution in [0.3, 0.4) is 0 Å². The Balaban J connectivity index is 0.000000442. The van der Waals surface area contributed by atoms with Gasteiger partial charge in [-0.05, 0) is 23.3 Å². The molecule has 0 heteroatoms. The summed E-state index contributed by atoms with van der Waals surface area (Å²) in [5, 5.41) is 0. The maximum Gasteiger partial charge on any atom is -0.0105 e. The lowest BCUT2D eigenvalue weighted by Crippen LogP contribution is -1.88. The van der Waals surface area contributed by atoms with E-state index in [1.165, 1.54) is 12.0 Å². The van der Waals surface area contributed by atoms with Crippen molar-refractivity contribution in [1.82, 2.24) is 0 Å². The van der Waals surface area contributed by atoms with Crippen LogP contribution in [-0.2, 0) is 0 Å². The first-order chi connectivity index (χ1) is 7.20. The fourth-order valence-electron chi connectivity index (χ4n) is 1.72. The standard InChI is InChI=1S/C11H14.C2H6.C2H4/c1-11(2)8-10(11)9-6-4-3-5-7-9;2*1-2/h3-7,10H,8H2,1-2H3;1-2H3;1-2H2. The Morgan fingerprint density at radius 3 is 1.80 bits per heavy atom. The molecule has 1 unspecified atom stereocenters. The van der Waals surface area contributed by atoms with Gasteiger partial charge in [-0.25, -0.2) is 0 Å². The molecule has 0 saturated heterocycles. The van der Waals surface area contributed by atoms with Gasteiger partial charge in [-0.2, -0.15) is 0 Å². The molecule has 1 saturated carbocycles. The Bertz CT molecular complexity index is 259. The minimum absolute atomic E-state index is 0.571. The highest BCUT2D eigenvalue weighted by Crippen LogP contribution is 2.58. The fraction of sp³-hybridized carbons (Fsp3) is 0.467. The van der Waals surface area contributed by atoms with E-state index < -0.39 is 0 Å². The van der Waals surface area contributed by atoms with Crippen LogP contribution in [0.4, 0.5) is 0 Å². The van der Waals surface area contributed by atoms with Gasteiger partial charge in [0.2, 0.25) is 0 Å². The van der Waals surface area contributed by atoms with Crippen molar-refractivity contribution in [2.24, 2.45) is 5.41 Å². The summed E-state index contributed by atoms with van der Waals surface area (Å²) in [4.78, 5) is 0. The van der Waals surface area contributed by atoms with E-state index in [1.54, 1.807) is 0 Å². The summed E-state index contributed by atoms with van der Waals surface area (Å²) in [6.07, 6.45) is 1.36. The lowest BCUT2D eigenvalue weighted by molar-refractivity contribution is 0.622. The number of hydrogen-bond donors (Lipinski definition) is 0. The van der Waals surface area contributed by atoms with Crippen LogP contribution in [0.1, 0.15) is 45.6 Å². The average Bonchev–Trinajstić information content (AvgIpc) is 2.95. The molecule has 1 aromatic carbocycles. The highest BCUT2D eigenvalue weighted by atomic mass is 14.5. The van der Waals surface area contributed by atoms with Crippen molar-refractivity contribution in [2.45, 2.75) is 40.0 Å². The molecule has 15 heavy (non-hydrogen) atoms. The van der Waals surface area contributed by atoms with E-state index >= 15 is 0 Å². The minimum atomic E-state index is 0.571. The average molecular weight is 204 g/mol. The van der Waals surface area contributed by atoms with Gasteiger partial charge >= 0.3 is 0 Å². The van der Waals surface area contributed by atoms with Gasteiger partial charge in [-0.3, -0.25) is 0 Å². The molecule has 1 aliphatic carbocycles. The molecule has 1 aliphatic rings. The summed E-state index contributed by atoms with van der Waals surface area (Å²) in [6.45, 7) is 14.7. The first-order valence-electron chi connectivity index (χ1n) is 5.75. The largest absolute Gasteiger partial charge is 0.106 e. The number of rotatable bonds is 1. The third-order valence-electron chi connectivity index (χ3n) is 2.72. The molecule has 0 nitrogen and oxygen atoms in total. The first kappa shape index (κ1) is 14.0. The topological polar surface area (TPSA) is 0 Å². The molecule has 0 amide bonds. The molecule has 2 rings (SSSR count). The Labute approximate surface area is 95.0 Å². The number of hydrogen-bond acceptors (Lipinski definition) is 0. The molecule has 0 radical (unpaired) electrons. The highest BCUT2D eigenvalue weighted by molar-refractivity contribution is 5.27. The van der Waals surface area contributed by atoms with E-state index in [-0.39, 0.29) is 0 Å². The molecule has 0 aliphatic heterocycles. The van der Waals surface area contributed by atoms with Crippen LogP contribution in [0.15, 0.2) is 43.5 Å². The highest BCUT2D eigenvalue weighted by Gasteiger charge is 2.46. The monoisotopic (exact) mass is 204 g/mol. The van der Waals surface area contributed by atoms with Crippen molar-refractivity contribution in [2.75, 3.05) is 0 Å². The molecule has 1 fully saturated rings. The Morgan fingerprint density at radius 1 is 1.07 bits per heavy atom. The second kappa shape index (κ2) is 6.44. The van der Waals surface area contributed by atoms with E-state index in [4.69, 9.17) is 0 Å². The summed E-state index contributed by atoms with van der Waals surface area (Å²) in [5.41, 5.74) is 2.08. The Kier molecular flexibility index (Phi) is 6.00. The van der Waals surface area contributed by atoms with Crippen LogP contribution in [0.25, 0.3) is 0 Å². The van der Waals surface area contributed by atoms with Crippen LogP contribution in [-0.4, -0.2) is 0 Å². The predicted molar refractivity (Wildman–Crippen MR) is 70.2 cm³/mol. The normalized spacial score (nSPS) is 20.1. The van der Waals surface area contributed by atoms with Crippen molar-refractivity contribution in [3.63, 3.8) is 0 Å². The van der Waals surface area contributed by atoms with Crippen LogP contribution in [0.5, 0.6) is 0 Å². The first-order valence-corrected chi connectivity index (χ1v) is 5.75. The quantitative estimate of drug-likeness (QED) is 0.563. The Morgan fingerprint density at radius 2 is 1.47 bits per heavy atom. The maximum absolute atomic E-state index is 3.00. The zero-order valence-electron chi connectivity index (χ0n) is 10.6. The van der Waals surface area contributed by atoms with Crippen LogP contribution < -0.4 is 0 Å². The van der Waals surface area contributed by atoms with E-state index in [1.807, 2.05) is 13.8 Å². The molecule has 0 spiro atoms. The summed E-state index contributed by atoms with van der Waals surface area (Å²) >= 11 is 0. The van der Waals surface area contributed by atoms with Crippen molar-refractivity contribution in [3.05, 3.63) is 49.1 Å². The van der Waals surface area contributed by atoms with Crippen molar-refractivity contribution in [3.8, 4) is 0 Å². The molecule has 84 valence electrons. The SMILES string of the molecule is C=C.CC.CC1(C)CC1c1ccccc1. The second-order valence-electron chi connectivity index (χ2n) is 4.16. The minimum Gasteiger partial charge on any atom is -0.106 e. The zero-order valence-corrected chi connectivity index (χ0v) is 10.6. The summed E-state index contributed by atoms with van der Waals surface area (Å²) < 4.78 is 0. The van der Waals surface area contributed by atoms with Gasteiger partial charge in [0.05, 0.1) is 0 Å². The van der Waals surface area contributed by atoms with E-state index in [2.05, 4.69) is 57.3 Å². The summed E-state index contributed by atoms with van der Waals surface area (Å²) in [5.74, 6) is 0.823. The van der Waals surface area contributed by atoms with E-state index in [9.17, 15) is 0 Å². The van der Waals surface area contributed by atoms with Crippen LogP contribution in [0.2, 0.25) is 0 Å². The van der Waals surface area contributed by atoms with Crippen molar-refractivity contribution in [1.29, 1.82) is 0 Å². The van der Waals surface area contributed by atoms with E-state index in [0.29, 0.717) is 5.41 Å². The van der Waals surface area contributed by atoms with Gasteiger partial charge in [0.1, 0.15) is 0 Å². The van der Waals surface area contributed by atoms with Gasteiger partial charge in [-0.15, -0.1) is 13.2 Å². The lowest BCUT2D eigenvalue weighted by atomic mass is 10.0. The smallest absolute Gasteiger partial charge is 0.0105 e. The van der Waals surface area contributed by atoms with Crippen molar-refractivity contribution < 1.29 is 0 Å². The van der Waals surface area contributed by atoms with E-state index in [0.717, 1.165) is 5.92 Å². The lowest BCUT2D eigenvalue weighted by Gasteiger charge is -2.01. The summed E-state index contributed by atoms with van der Waals surface area (Å²) in [6, 6.07) is 10.8. The molecular formula is C15H24. The zero-order chi connectivity index (χ0) is 11.9. The van der Waals surface area contributed by atoms with Crippen LogP contribution in [0, 0.1) is 5.41 Å². The van der Waals surface area contributed by atoms with Gasteiger partial charge in [0.25, 0.3) is 0 Å². The Hall–Kier alpha value is -1.04. The molecular weight excluding hydrogens is 180 g/mol. The maximum atomic E-state index is 3.00. The van der Waals surface area contributed by atoms with Gasteiger partial charge in [0, 0.05) is 0 Å². The predicted octanol–water partition coefficient (Wildman–Crippen LogP) is 5.03.